The molecule has 0 amide bonds. The Labute approximate surface area is 159 Å². The summed E-state index contributed by atoms with van der Waals surface area (Å²) in [5.74, 6) is 6.94. The molecule has 3 heterocycles. The monoisotopic (exact) mass is 365 g/mol. The van der Waals surface area contributed by atoms with Gasteiger partial charge in [0.15, 0.2) is 17.0 Å². The van der Waals surface area contributed by atoms with Crippen molar-refractivity contribution in [2.75, 3.05) is 0 Å². The molecule has 0 aliphatic carbocycles. The minimum atomic E-state index is -0.264. The number of benzene rings is 2. The number of nitrogens with zero attached hydrogens (tertiary/aromatic N) is 3. The van der Waals surface area contributed by atoms with Crippen LogP contribution in [0.25, 0.3) is 16.9 Å². The zero-order chi connectivity index (χ0) is 18.9. The summed E-state index contributed by atoms with van der Waals surface area (Å²) in [5.41, 5.74) is 3.53. The quantitative estimate of drug-likeness (QED) is 0.472. The predicted molar refractivity (Wildman–Crippen MR) is 107 cm³/mol. The number of imidazole rings is 2. The molecule has 0 atom stereocenters. The van der Waals surface area contributed by atoms with E-state index in [2.05, 4.69) is 31.8 Å². The molecule has 134 valence electrons. The molecule has 0 fully saturated rings. The predicted octanol–water partition coefficient (Wildman–Crippen LogP) is 2.89. The van der Waals surface area contributed by atoms with Crippen molar-refractivity contribution in [1.82, 2.24) is 24.3 Å². The molecule has 0 spiro atoms. The van der Waals surface area contributed by atoms with Crippen molar-refractivity contribution >= 4 is 16.9 Å². The number of H-pyrrole nitrogens is 2. The highest BCUT2D eigenvalue weighted by molar-refractivity contribution is 5.73. The molecule has 3 aromatic heterocycles. The van der Waals surface area contributed by atoms with Crippen LogP contribution in [0.5, 0.6) is 0 Å². The number of hydrogen-bond acceptors (Lipinski definition) is 3. The highest BCUT2D eigenvalue weighted by Gasteiger charge is 2.12. The van der Waals surface area contributed by atoms with E-state index < -0.39 is 0 Å². The largest absolute Gasteiger partial charge is 0.325 e. The molecule has 0 aliphatic heterocycles. The van der Waals surface area contributed by atoms with Crippen LogP contribution in [0.3, 0.4) is 0 Å². The van der Waals surface area contributed by atoms with E-state index >= 15 is 0 Å². The Morgan fingerprint density at radius 1 is 0.893 bits per heavy atom. The first-order valence-corrected chi connectivity index (χ1v) is 8.87. The second kappa shape index (κ2) is 6.56. The standard InChI is InChI=1S/C22H15N5O/c28-21-19-20(25-18(24-19)12-11-15-7-3-1-4-8-15)27-14-17(23-22(27)26-21)13-16-9-5-2-6-10-16/h1-10,14H,13H2,(H,24,25)(H,23,26,28). The first kappa shape index (κ1) is 16.1. The van der Waals surface area contributed by atoms with Gasteiger partial charge < -0.3 is 4.98 Å². The molecule has 0 saturated carbocycles. The third kappa shape index (κ3) is 2.95. The molecule has 5 aromatic rings. The van der Waals surface area contributed by atoms with Crippen LogP contribution in [0.2, 0.25) is 0 Å². The van der Waals surface area contributed by atoms with Crippen LogP contribution in [0, 0.1) is 11.8 Å². The van der Waals surface area contributed by atoms with E-state index in [1.807, 2.05) is 66.9 Å². The average molecular weight is 365 g/mol. The van der Waals surface area contributed by atoms with Gasteiger partial charge >= 0.3 is 0 Å². The van der Waals surface area contributed by atoms with Crippen molar-refractivity contribution in [3.63, 3.8) is 0 Å². The topological polar surface area (TPSA) is 78.8 Å². The van der Waals surface area contributed by atoms with Crippen LogP contribution in [-0.2, 0) is 6.42 Å². The first-order valence-electron chi connectivity index (χ1n) is 8.87. The van der Waals surface area contributed by atoms with E-state index in [4.69, 9.17) is 0 Å². The first-order chi connectivity index (χ1) is 13.8. The molecule has 28 heavy (non-hydrogen) atoms. The molecule has 0 radical (unpaired) electrons. The van der Waals surface area contributed by atoms with Crippen LogP contribution in [0.15, 0.2) is 71.7 Å². The van der Waals surface area contributed by atoms with E-state index in [0.29, 0.717) is 29.2 Å². The Bertz CT molecular complexity index is 1400. The molecular formula is C22H15N5O. The Kier molecular flexibility index (Phi) is 3.77. The lowest BCUT2D eigenvalue weighted by Gasteiger charge is -1.95. The SMILES string of the molecule is O=c1[nH]c2nc(Cc3ccccc3)cn2c2nc(C#Cc3ccccc3)[nH]c12. The minimum absolute atomic E-state index is 0.264. The second-order valence-corrected chi connectivity index (χ2v) is 6.44. The normalized spacial score (nSPS) is 10.9. The van der Waals surface area contributed by atoms with Gasteiger partial charge in [0.05, 0.1) is 5.69 Å². The summed E-state index contributed by atoms with van der Waals surface area (Å²) in [6.45, 7) is 0. The van der Waals surface area contributed by atoms with Crippen LogP contribution >= 0.6 is 0 Å². The summed E-state index contributed by atoms with van der Waals surface area (Å²) >= 11 is 0. The van der Waals surface area contributed by atoms with Crippen molar-refractivity contribution in [2.45, 2.75) is 6.42 Å². The Morgan fingerprint density at radius 2 is 1.64 bits per heavy atom. The summed E-state index contributed by atoms with van der Waals surface area (Å²) in [5, 5.41) is 0. The number of nitrogens with one attached hydrogen (secondary N) is 2. The molecule has 0 bridgehead atoms. The zero-order valence-corrected chi connectivity index (χ0v) is 14.8. The van der Waals surface area contributed by atoms with E-state index in [0.717, 1.165) is 16.8 Å². The van der Waals surface area contributed by atoms with Gasteiger partial charge in [-0.15, -0.1) is 0 Å². The molecule has 6 heteroatoms. The van der Waals surface area contributed by atoms with Gasteiger partial charge in [0.2, 0.25) is 5.78 Å². The van der Waals surface area contributed by atoms with Crippen molar-refractivity contribution < 1.29 is 0 Å². The van der Waals surface area contributed by atoms with E-state index in [9.17, 15) is 4.79 Å². The highest BCUT2D eigenvalue weighted by Crippen LogP contribution is 2.13. The van der Waals surface area contributed by atoms with Crippen LogP contribution in [0.1, 0.15) is 22.6 Å². The molecule has 0 unspecified atom stereocenters. The van der Waals surface area contributed by atoms with E-state index in [1.165, 1.54) is 0 Å². The smallest absolute Gasteiger partial charge is 0.278 e. The highest BCUT2D eigenvalue weighted by atomic mass is 16.1. The van der Waals surface area contributed by atoms with Gasteiger partial charge in [-0.1, -0.05) is 54.5 Å². The molecule has 0 saturated heterocycles. The lowest BCUT2D eigenvalue weighted by Crippen LogP contribution is -2.09. The van der Waals surface area contributed by atoms with Gasteiger partial charge in [-0.3, -0.25) is 14.2 Å². The fourth-order valence-electron chi connectivity index (χ4n) is 3.14. The summed E-state index contributed by atoms with van der Waals surface area (Å²) in [6, 6.07) is 19.7. The maximum Gasteiger partial charge on any atom is 0.278 e. The number of rotatable bonds is 2. The third-order valence-electron chi connectivity index (χ3n) is 4.45. The molecule has 2 N–H and O–H groups in total. The maximum absolute atomic E-state index is 12.4. The molecule has 2 aromatic carbocycles. The Hall–Kier alpha value is -4.11. The van der Waals surface area contributed by atoms with Crippen LogP contribution < -0.4 is 5.56 Å². The lowest BCUT2D eigenvalue weighted by atomic mass is 10.1. The van der Waals surface area contributed by atoms with E-state index in [1.54, 1.807) is 4.40 Å². The van der Waals surface area contributed by atoms with Crippen molar-refractivity contribution in [3.8, 4) is 11.8 Å². The summed E-state index contributed by atoms with van der Waals surface area (Å²) in [4.78, 5) is 27.3. The number of fused-ring (bicyclic) bond motifs is 3. The van der Waals surface area contributed by atoms with Gasteiger partial charge in [0.25, 0.3) is 5.56 Å². The van der Waals surface area contributed by atoms with Crippen molar-refractivity contribution in [1.29, 1.82) is 0 Å². The van der Waals surface area contributed by atoms with E-state index in [-0.39, 0.29) is 5.56 Å². The average Bonchev–Trinajstić information content (AvgIpc) is 3.32. The minimum Gasteiger partial charge on any atom is -0.325 e. The summed E-state index contributed by atoms with van der Waals surface area (Å²) in [7, 11) is 0. The van der Waals surface area contributed by atoms with Gasteiger partial charge in [0, 0.05) is 18.2 Å². The van der Waals surface area contributed by atoms with Crippen molar-refractivity contribution in [3.05, 3.63) is 99.9 Å². The fourth-order valence-corrected chi connectivity index (χ4v) is 3.14. The van der Waals surface area contributed by atoms with Gasteiger partial charge in [0.1, 0.15) is 0 Å². The molecular weight excluding hydrogens is 350 g/mol. The van der Waals surface area contributed by atoms with Gasteiger partial charge in [-0.25, -0.2) is 9.97 Å². The van der Waals surface area contributed by atoms with Crippen LogP contribution in [0.4, 0.5) is 0 Å². The summed E-state index contributed by atoms with van der Waals surface area (Å²) in [6.07, 6.45) is 2.58. The lowest BCUT2D eigenvalue weighted by molar-refractivity contribution is 1.10. The van der Waals surface area contributed by atoms with Gasteiger partial charge in [-0.2, -0.15) is 0 Å². The Morgan fingerprint density at radius 3 is 2.43 bits per heavy atom. The maximum atomic E-state index is 12.4. The third-order valence-corrected chi connectivity index (χ3v) is 4.45. The number of aromatic nitrogens is 5. The molecule has 5 rings (SSSR count). The molecule has 0 aliphatic rings. The number of hydrogen-bond donors (Lipinski definition) is 2. The van der Waals surface area contributed by atoms with Gasteiger partial charge in [-0.05, 0) is 23.6 Å². The second-order valence-electron chi connectivity index (χ2n) is 6.44. The number of aromatic amines is 2. The zero-order valence-electron chi connectivity index (χ0n) is 14.8. The van der Waals surface area contributed by atoms with Crippen LogP contribution in [-0.4, -0.2) is 24.3 Å². The summed E-state index contributed by atoms with van der Waals surface area (Å²) < 4.78 is 1.79. The Balaban J connectivity index is 1.58. The fraction of sp³-hybridized carbons (Fsp3) is 0.0455. The van der Waals surface area contributed by atoms with Crippen molar-refractivity contribution in [2.24, 2.45) is 0 Å². The molecule has 6 nitrogen and oxygen atoms in total.